The van der Waals surface area contributed by atoms with Gasteiger partial charge in [0.1, 0.15) is 0 Å². The molecule has 1 heterocycles. The van der Waals surface area contributed by atoms with Crippen LogP contribution in [0.4, 0.5) is 0 Å². The van der Waals surface area contributed by atoms with Crippen molar-refractivity contribution in [2.24, 2.45) is 0 Å². The lowest BCUT2D eigenvalue weighted by Gasteiger charge is -2.42. The summed E-state index contributed by atoms with van der Waals surface area (Å²) >= 11 is 0. The summed E-state index contributed by atoms with van der Waals surface area (Å²) in [5, 5.41) is 0. The van der Waals surface area contributed by atoms with Crippen molar-refractivity contribution in [3.05, 3.63) is 0 Å². The summed E-state index contributed by atoms with van der Waals surface area (Å²) in [5.74, 6) is 0. The summed E-state index contributed by atoms with van der Waals surface area (Å²) in [7, 11) is 0. The Morgan fingerprint density at radius 3 is 0.967 bits per heavy atom. The molecule has 1 saturated heterocycles. The zero-order valence-electron chi connectivity index (χ0n) is 20.4. The molecule has 0 aromatic heterocycles. The van der Waals surface area contributed by atoms with E-state index in [1.165, 1.54) is 38.5 Å². The zero-order valence-corrected chi connectivity index (χ0v) is 20.4. The fourth-order valence-electron chi connectivity index (χ4n) is 3.62. The van der Waals surface area contributed by atoms with Gasteiger partial charge >= 0.3 is 0 Å². The van der Waals surface area contributed by atoms with Crippen LogP contribution in [-0.4, -0.2) is 94.0 Å². The van der Waals surface area contributed by atoms with E-state index in [-0.39, 0.29) is 0 Å². The molecule has 0 aliphatic carbocycles. The number of nitrogens with zero attached hydrogens (tertiary/aromatic N) is 3. The first kappa shape index (κ1) is 27.8. The van der Waals surface area contributed by atoms with E-state index in [0.29, 0.717) is 0 Å². The van der Waals surface area contributed by atoms with Crippen molar-refractivity contribution in [1.29, 1.82) is 0 Å². The maximum atomic E-state index is 5.76. The van der Waals surface area contributed by atoms with Crippen molar-refractivity contribution in [3.8, 4) is 0 Å². The quantitative estimate of drug-likeness (QED) is 0.252. The Kier molecular flexibility index (Phi) is 19.1. The van der Waals surface area contributed by atoms with Crippen LogP contribution in [0.5, 0.6) is 0 Å². The molecule has 0 N–H and O–H groups in total. The second kappa shape index (κ2) is 20.7. The van der Waals surface area contributed by atoms with Gasteiger partial charge in [0.25, 0.3) is 0 Å². The molecule has 1 rings (SSSR count). The summed E-state index contributed by atoms with van der Waals surface area (Å²) in [5.41, 5.74) is 0. The van der Waals surface area contributed by atoms with Gasteiger partial charge in [-0.15, -0.1) is 0 Å². The topological polar surface area (TPSA) is 37.4 Å². The molecule has 1 fully saturated rings. The molecule has 0 aromatic carbocycles. The van der Waals surface area contributed by atoms with E-state index in [9.17, 15) is 0 Å². The molecule has 1 aliphatic heterocycles. The van der Waals surface area contributed by atoms with Crippen LogP contribution in [0.1, 0.15) is 78.6 Å². The largest absolute Gasteiger partial charge is 0.381 e. The van der Waals surface area contributed by atoms with Crippen molar-refractivity contribution in [2.45, 2.75) is 78.6 Å². The average molecular weight is 430 g/mol. The highest BCUT2D eigenvalue weighted by Crippen LogP contribution is 2.10. The summed E-state index contributed by atoms with van der Waals surface area (Å²) < 4.78 is 17.3. The minimum atomic E-state index is 0.882. The third-order valence-electron chi connectivity index (χ3n) is 5.42. The van der Waals surface area contributed by atoms with E-state index in [0.717, 1.165) is 98.5 Å². The molecular formula is C24H51N3O3. The van der Waals surface area contributed by atoms with E-state index in [4.69, 9.17) is 14.2 Å². The van der Waals surface area contributed by atoms with Crippen molar-refractivity contribution in [3.63, 3.8) is 0 Å². The number of unbranched alkanes of at least 4 members (excludes halogenated alkanes) is 3. The van der Waals surface area contributed by atoms with E-state index >= 15 is 0 Å². The number of hydrogen-bond acceptors (Lipinski definition) is 6. The van der Waals surface area contributed by atoms with Gasteiger partial charge in [-0.05, 0) is 38.5 Å². The Morgan fingerprint density at radius 2 is 0.700 bits per heavy atom. The van der Waals surface area contributed by atoms with Crippen LogP contribution in [0.3, 0.4) is 0 Å². The number of hydrogen-bond donors (Lipinski definition) is 0. The van der Waals surface area contributed by atoms with Gasteiger partial charge in [-0.2, -0.15) is 0 Å². The molecule has 0 amide bonds. The number of rotatable bonds is 21. The third kappa shape index (κ3) is 15.5. The van der Waals surface area contributed by atoms with E-state index in [1.807, 2.05) is 0 Å². The molecule has 6 heteroatoms. The molecule has 180 valence electrons. The minimum absolute atomic E-state index is 0.882. The van der Waals surface area contributed by atoms with Crippen LogP contribution in [0, 0.1) is 0 Å². The Hall–Kier alpha value is -0.240. The molecule has 0 aromatic rings. The predicted octanol–water partition coefficient (Wildman–Crippen LogP) is 4.40. The average Bonchev–Trinajstić information content (AvgIpc) is 2.75. The molecule has 1 aliphatic rings. The SMILES string of the molecule is CCCCOCCCN1CN(CCCOCCCC)CN(CCCOCCCC)C1. The van der Waals surface area contributed by atoms with Crippen LogP contribution in [0.15, 0.2) is 0 Å². The highest BCUT2D eigenvalue weighted by molar-refractivity contribution is 4.70. The highest BCUT2D eigenvalue weighted by Gasteiger charge is 2.22. The fraction of sp³-hybridized carbons (Fsp3) is 1.00. The van der Waals surface area contributed by atoms with E-state index in [2.05, 4.69) is 35.5 Å². The van der Waals surface area contributed by atoms with Gasteiger partial charge in [0, 0.05) is 59.3 Å². The second-order valence-electron chi connectivity index (χ2n) is 8.57. The molecule has 0 atom stereocenters. The summed E-state index contributed by atoms with van der Waals surface area (Å²) in [6.45, 7) is 18.5. The molecule has 6 nitrogen and oxygen atoms in total. The maximum Gasteiger partial charge on any atom is 0.0530 e. The second-order valence-corrected chi connectivity index (χ2v) is 8.57. The van der Waals surface area contributed by atoms with Crippen LogP contribution in [0.2, 0.25) is 0 Å². The monoisotopic (exact) mass is 429 g/mol. The Balaban J connectivity index is 2.29. The van der Waals surface area contributed by atoms with Crippen molar-refractivity contribution in [1.82, 2.24) is 14.7 Å². The molecule has 0 unspecified atom stereocenters. The van der Waals surface area contributed by atoms with Gasteiger partial charge in [-0.3, -0.25) is 14.7 Å². The molecule has 0 saturated carbocycles. The molecule has 0 radical (unpaired) electrons. The van der Waals surface area contributed by atoms with E-state index < -0.39 is 0 Å². The lowest BCUT2D eigenvalue weighted by Crippen LogP contribution is -2.55. The van der Waals surface area contributed by atoms with Gasteiger partial charge in [0.15, 0.2) is 0 Å². The first-order chi connectivity index (χ1) is 14.8. The van der Waals surface area contributed by atoms with Gasteiger partial charge in [-0.1, -0.05) is 40.0 Å². The lowest BCUT2D eigenvalue weighted by atomic mass is 10.3. The maximum absolute atomic E-state index is 5.76. The van der Waals surface area contributed by atoms with Crippen LogP contribution < -0.4 is 0 Å². The minimum Gasteiger partial charge on any atom is -0.381 e. The molecule has 30 heavy (non-hydrogen) atoms. The standard InChI is InChI=1S/C24H51N3O3/c1-4-7-16-28-19-10-13-25-22-26(14-11-20-29-17-8-5-2)24-27(23-25)15-12-21-30-18-9-6-3/h4-24H2,1-3H3. The van der Waals surface area contributed by atoms with Crippen molar-refractivity contribution >= 4 is 0 Å². The fourth-order valence-corrected chi connectivity index (χ4v) is 3.62. The van der Waals surface area contributed by atoms with Crippen LogP contribution in [0.25, 0.3) is 0 Å². The van der Waals surface area contributed by atoms with Gasteiger partial charge in [0.05, 0.1) is 20.0 Å². The molecule has 0 spiro atoms. The summed E-state index contributed by atoms with van der Waals surface area (Å²) in [6.07, 6.45) is 10.5. The number of ether oxygens (including phenoxy) is 3. The molecular weight excluding hydrogens is 378 g/mol. The summed E-state index contributed by atoms with van der Waals surface area (Å²) in [4.78, 5) is 7.72. The van der Waals surface area contributed by atoms with Crippen LogP contribution >= 0.6 is 0 Å². The van der Waals surface area contributed by atoms with Gasteiger partial charge in [-0.25, -0.2) is 0 Å². The van der Waals surface area contributed by atoms with E-state index in [1.54, 1.807) is 0 Å². The van der Waals surface area contributed by atoms with Crippen LogP contribution in [-0.2, 0) is 14.2 Å². The van der Waals surface area contributed by atoms with Gasteiger partial charge in [0.2, 0.25) is 0 Å². The van der Waals surface area contributed by atoms with Crippen molar-refractivity contribution in [2.75, 3.05) is 79.3 Å². The first-order valence-corrected chi connectivity index (χ1v) is 12.7. The third-order valence-corrected chi connectivity index (χ3v) is 5.42. The Bertz CT molecular complexity index is 302. The smallest absolute Gasteiger partial charge is 0.0530 e. The lowest BCUT2D eigenvalue weighted by molar-refractivity contribution is -0.0387. The normalized spacial score (nSPS) is 16.5. The zero-order chi connectivity index (χ0) is 21.7. The first-order valence-electron chi connectivity index (χ1n) is 12.7. The Morgan fingerprint density at radius 1 is 0.433 bits per heavy atom. The molecule has 0 bridgehead atoms. The Labute approximate surface area is 187 Å². The van der Waals surface area contributed by atoms with Gasteiger partial charge < -0.3 is 14.2 Å². The highest BCUT2D eigenvalue weighted by atomic mass is 16.5. The summed E-state index contributed by atoms with van der Waals surface area (Å²) in [6, 6.07) is 0. The van der Waals surface area contributed by atoms with Crippen molar-refractivity contribution < 1.29 is 14.2 Å². The predicted molar refractivity (Wildman–Crippen MR) is 126 cm³/mol.